The van der Waals surface area contributed by atoms with Gasteiger partial charge in [0.05, 0.1) is 11.2 Å². The van der Waals surface area contributed by atoms with Gasteiger partial charge in [-0.15, -0.1) is 11.3 Å². The molecule has 34 heavy (non-hydrogen) atoms. The molecule has 3 heterocycles. The molecule has 0 spiro atoms. The smallest absolute Gasteiger partial charge is 0.347 e. The third kappa shape index (κ3) is 4.72. The number of fused-ring (bicyclic) bond motifs is 1. The van der Waals surface area contributed by atoms with E-state index in [9.17, 15) is 14.3 Å². The van der Waals surface area contributed by atoms with Crippen LogP contribution in [0.3, 0.4) is 0 Å². The van der Waals surface area contributed by atoms with Crippen LogP contribution in [0.4, 0.5) is 10.2 Å². The molecule has 0 saturated heterocycles. The van der Waals surface area contributed by atoms with Gasteiger partial charge in [0.15, 0.2) is 0 Å². The minimum Gasteiger partial charge on any atom is -0.477 e. The van der Waals surface area contributed by atoms with Gasteiger partial charge < -0.3 is 19.7 Å². The largest absolute Gasteiger partial charge is 0.477 e. The van der Waals surface area contributed by atoms with E-state index in [1.165, 1.54) is 6.33 Å². The van der Waals surface area contributed by atoms with Crippen molar-refractivity contribution in [3.8, 4) is 16.5 Å². The number of anilines is 1. The lowest BCUT2D eigenvalue weighted by Crippen LogP contribution is -2.16. The Morgan fingerprint density at radius 2 is 2.06 bits per heavy atom. The Kier molecular flexibility index (Phi) is 6.52. The molecular formula is C24H26FN5O3S. The fourth-order valence-electron chi connectivity index (χ4n) is 3.84. The van der Waals surface area contributed by atoms with Gasteiger partial charge in [0.25, 0.3) is 0 Å². The molecule has 4 aromatic rings. The molecule has 0 unspecified atom stereocenters. The summed E-state index contributed by atoms with van der Waals surface area (Å²) in [4.78, 5) is 25.1. The zero-order valence-electron chi connectivity index (χ0n) is 19.4. The van der Waals surface area contributed by atoms with Gasteiger partial charge in [-0.3, -0.25) is 0 Å². The number of nitrogens with zero attached hydrogens (tertiary/aromatic N) is 4. The summed E-state index contributed by atoms with van der Waals surface area (Å²) in [5.74, 6) is 0.111. The molecular weight excluding hydrogens is 457 g/mol. The highest BCUT2D eigenvalue weighted by Crippen LogP contribution is 2.34. The number of rotatable bonds is 8. The highest BCUT2D eigenvalue weighted by atomic mass is 32.1. The SMILES string of the molecule is Cc1cc2cccc(OCF)c2n1CCNc1cc(-c2nc(C(C)(C)C)c(C(=O)O)s2)ncn1. The number of carbonyl (C=O) groups is 1. The van der Waals surface area contributed by atoms with Crippen molar-refractivity contribution < 1.29 is 19.0 Å². The van der Waals surface area contributed by atoms with Crippen molar-refractivity contribution in [2.24, 2.45) is 0 Å². The van der Waals surface area contributed by atoms with E-state index < -0.39 is 18.2 Å². The average molecular weight is 484 g/mol. The molecule has 0 saturated carbocycles. The van der Waals surface area contributed by atoms with Gasteiger partial charge in [-0.1, -0.05) is 32.9 Å². The van der Waals surface area contributed by atoms with Gasteiger partial charge in [0, 0.05) is 35.7 Å². The predicted molar refractivity (Wildman–Crippen MR) is 131 cm³/mol. The summed E-state index contributed by atoms with van der Waals surface area (Å²) in [6.45, 7) is 8.07. The van der Waals surface area contributed by atoms with E-state index in [1.807, 2.05) is 45.9 Å². The van der Waals surface area contributed by atoms with Crippen LogP contribution in [0.5, 0.6) is 5.75 Å². The maximum atomic E-state index is 12.8. The first-order valence-electron chi connectivity index (χ1n) is 10.8. The quantitative estimate of drug-likeness (QED) is 0.352. The summed E-state index contributed by atoms with van der Waals surface area (Å²) in [6.07, 6.45) is 1.43. The van der Waals surface area contributed by atoms with Gasteiger partial charge in [0.1, 0.15) is 33.5 Å². The zero-order valence-corrected chi connectivity index (χ0v) is 20.2. The minimum atomic E-state index is -0.994. The number of carboxylic acids is 1. The average Bonchev–Trinajstić information content (AvgIpc) is 3.37. The number of para-hydroxylation sites is 1. The van der Waals surface area contributed by atoms with Gasteiger partial charge in [-0.2, -0.15) is 0 Å². The van der Waals surface area contributed by atoms with Crippen molar-refractivity contribution in [3.05, 3.63) is 52.9 Å². The Hall–Kier alpha value is -3.53. The third-order valence-electron chi connectivity index (χ3n) is 5.36. The Morgan fingerprint density at radius 3 is 2.74 bits per heavy atom. The fraction of sp³-hybridized carbons (Fsp3) is 0.333. The number of hydrogen-bond acceptors (Lipinski definition) is 7. The number of aryl methyl sites for hydroxylation is 1. The van der Waals surface area contributed by atoms with E-state index in [1.54, 1.807) is 12.1 Å². The van der Waals surface area contributed by atoms with Crippen molar-refractivity contribution in [2.75, 3.05) is 18.7 Å². The molecule has 0 aliphatic heterocycles. The summed E-state index contributed by atoms with van der Waals surface area (Å²) < 4.78 is 20.1. The van der Waals surface area contributed by atoms with Gasteiger partial charge in [0.2, 0.25) is 6.86 Å². The number of aromatic carboxylic acids is 1. The van der Waals surface area contributed by atoms with Crippen molar-refractivity contribution in [3.63, 3.8) is 0 Å². The van der Waals surface area contributed by atoms with E-state index >= 15 is 0 Å². The molecule has 8 nitrogen and oxygen atoms in total. The van der Waals surface area contributed by atoms with E-state index in [4.69, 9.17) is 4.74 Å². The molecule has 0 aliphatic carbocycles. The van der Waals surface area contributed by atoms with Gasteiger partial charge in [-0.05, 0) is 19.1 Å². The van der Waals surface area contributed by atoms with Crippen LogP contribution < -0.4 is 10.1 Å². The van der Waals surface area contributed by atoms with Gasteiger partial charge in [-0.25, -0.2) is 24.1 Å². The van der Waals surface area contributed by atoms with Crippen LogP contribution in [0.25, 0.3) is 21.6 Å². The second-order valence-corrected chi connectivity index (χ2v) is 9.85. The number of halogens is 1. The number of carboxylic acid groups (broad SMARTS) is 1. The van der Waals surface area contributed by atoms with Crippen molar-refractivity contribution in [2.45, 2.75) is 39.7 Å². The molecule has 0 bridgehead atoms. The van der Waals surface area contributed by atoms with E-state index in [-0.39, 0.29) is 4.88 Å². The molecule has 1 aromatic carbocycles. The van der Waals surface area contributed by atoms with Crippen LogP contribution in [0.2, 0.25) is 0 Å². The maximum Gasteiger partial charge on any atom is 0.347 e. The second-order valence-electron chi connectivity index (χ2n) is 8.85. The van der Waals surface area contributed by atoms with Gasteiger partial charge >= 0.3 is 5.97 Å². The summed E-state index contributed by atoms with van der Waals surface area (Å²) in [6, 6.07) is 9.37. The molecule has 0 fully saturated rings. The number of benzene rings is 1. The number of aromatic nitrogens is 4. The summed E-state index contributed by atoms with van der Waals surface area (Å²) in [5.41, 5.74) is 2.57. The minimum absolute atomic E-state index is 0.219. The Morgan fingerprint density at radius 1 is 1.26 bits per heavy atom. The highest BCUT2D eigenvalue weighted by Gasteiger charge is 2.27. The van der Waals surface area contributed by atoms with Crippen molar-refractivity contribution in [1.29, 1.82) is 0 Å². The van der Waals surface area contributed by atoms with Crippen LogP contribution in [0.1, 0.15) is 41.8 Å². The Bertz CT molecular complexity index is 1340. The number of hydrogen-bond donors (Lipinski definition) is 2. The lowest BCUT2D eigenvalue weighted by Gasteiger charge is -2.16. The van der Waals surface area contributed by atoms with Crippen LogP contribution in [0.15, 0.2) is 36.7 Å². The summed E-state index contributed by atoms with van der Waals surface area (Å²) >= 11 is 1.11. The Labute approximate surface area is 200 Å². The molecule has 0 amide bonds. The third-order valence-corrected chi connectivity index (χ3v) is 6.43. The maximum absolute atomic E-state index is 12.8. The molecule has 10 heteroatoms. The molecule has 2 N–H and O–H groups in total. The molecule has 0 atom stereocenters. The zero-order chi connectivity index (χ0) is 24.5. The van der Waals surface area contributed by atoms with Crippen LogP contribution in [0, 0.1) is 6.92 Å². The number of ether oxygens (including phenoxy) is 1. The first kappa shape index (κ1) is 23.6. The van der Waals surface area contributed by atoms with E-state index in [2.05, 4.69) is 24.8 Å². The molecule has 4 rings (SSSR count). The van der Waals surface area contributed by atoms with Crippen LogP contribution >= 0.6 is 11.3 Å². The molecule has 3 aromatic heterocycles. The fourth-order valence-corrected chi connectivity index (χ4v) is 4.92. The van der Waals surface area contributed by atoms with Crippen molar-refractivity contribution >= 4 is 34.0 Å². The number of nitrogens with one attached hydrogen (secondary N) is 1. The normalized spacial score (nSPS) is 11.7. The molecule has 178 valence electrons. The summed E-state index contributed by atoms with van der Waals surface area (Å²) in [7, 11) is 0. The monoisotopic (exact) mass is 483 g/mol. The topological polar surface area (TPSA) is 102 Å². The number of thiazole rings is 1. The standard InChI is InChI=1S/C24H26FN5O3S/c1-14-10-15-6-5-7-17(33-12-25)19(15)30(14)9-8-26-18-11-16(27-13-28-18)22-29-21(24(2,3)4)20(34-22)23(31)32/h5-7,10-11,13H,8-9,12H2,1-4H3,(H,31,32)(H,26,27,28). The first-order valence-corrected chi connectivity index (χ1v) is 11.6. The van der Waals surface area contributed by atoms with Crippen LogP contribution in [-0.4, -0.2) is 44.0 Å². The summed E-state index contributed by atoms with van der Waals surface area (Å²) in [5, 5.41) is 14.4. The van der Waals surface area contributed by atoms with Crippen LogP contribution in [-0.2, 0) is 12.0 Å². The second kappa shape index (κ2) is 9.38. The molecule has 0 radical (unpaired) electrons. The van der Waals surface area contributed by atoms with E-state index in [0.717, 1.165) is 27.9 Å². The lowest BCUT2D eigenvalue weighted by atomic mass is 9.91. The predicted octanol–water partition coefficient (Wildman–Crippen LogP) is 5.28. The molecule has 0 aliphatic rings. The highest BCUT2D eigenvalue weighted by molar-refractivity contribution is 7.17. The first-order chi connectivity index (χ1) is 16.2. The number of alkyl halides is 1. The Balaban J connectivity index is 1.54. The van der Waals surface area contributed by atoms with Crippen molar-refractivity contribution in [1.82, 2.24) is 19.5 Å². The van der Waals surface area contributed by atoms with E-state index in [0.29, 0.717) is 41.1 Å². The lowest BCUT2D eigenvalue weighted by molar-refractivity contribution is 0.0699.